The molecule has 0 N–H and O–H groups in total. The van der Waals surface area contributed by atoms with Crippen LogP contribution in [0.4, 0.5) is 9.18 Å². The molecule has 0 radical (unpaired) electrons. The summed E-state index contributed by atoms with van der Waals surface area (Å²) in [6.07, 6.45) is -0.801. The van der Waals surface area contributed by atoms with Crippen LogP contribution < -0.4 is 9.47 Å². The number of hydrogen-bond donors (Lipinski definition) is 0. The van der Waals surface area contributed by atoms with Crippen molar-refractivity contribution in [3.63, 3.8) is 0 Å². The number of carbonyl (C=O) groups excluding carboxylic acids is 3. The predicted molar refractivity (Wildman–Crippen MR) is 144 cm³/mol. The summed E-state index contributed by atoms with van der Waals surface area (Å²) in [5.74, 6) is -0.614. The fourth-order valence-electron chi connectivity index (χ4n) is 3.63. The lowest BCUT2D eigenvalue weighted by Gasteiger charge is -2.34. The molecule has 0 spiro atoms. The van der Waals surface area contributed by atoms with Crippen molar-refractivity contribution in [2.24, 2.45) is 0 Å². The Morgan fingerprint density at radius 3 is 2.15 bits per heavy atom. The Labute approximate surface area is 233 Å². The monoisotopic (exact) mass is 566 g/mol. The van der Waals surface area contributed by atoms with Crippen LogP contribution in [0, 0.1) is 5.82 Å². The zero-order chi connectivity index (χ0) is 29.5. The first-order valence-electron chi connectivity index (χ1n) is 12.3. The molecule has 2 atom stereocenters. The van der Waals surface area contributed by atoms with E-state index in [0.29, 0.717) is 22.6 Å². The molecule has 0 bridgehead atoms. The van der Waals surface area contributed by atoms with E-state index in [2.05, 4.69) is 0 Å². The number of rotatable bonds is 10. The summed E-state index contributed by atoms with van der Waals surface area (Å²) in [4.78, 5) is 40.7. The Bertz CT molecular complexity index is 1170. The number of amides is 2. The number of methoxy groups -OCH3 is 2. The van der Waals surface area contributed by atoms with E-state index >= 15 is 0 Å². The Balaban J connectivity index is 2.44. The minimum absolute atomic E-state index is 0.0412. The Morgan fingerprint density at radius 2 is 1.62 bits per heavy atom. The molecule has 0 heterocycles. The van der Waals surface area contributed by atoms with Gasteiger partial charge in [0.25, 0.3) is 0 Å². The van der Waals surface area contributed by atoms with Gasteiger partial charge in [0.1, 0.15) is 42.1 Å². The summed E-state index contributed by atoms with van der Waals surface area (Å²) in [6, 6.07) is 7.51. The average Bonchev–Trinajstić information content (AvgIpc) is 2.88. The van der Waals surface area contributed by atoms with Gasteiger partial charge in [-0.25, -0.2) is 14.0 Å². The van der Waals surface area contributed by atoms with E-state index in [4.69, 9.17) is 30.5 Å². The van der Waals surface area contributed by atoms with E-state index in [1.165, 1.54) is 32.0 Å². The Hall–Kier alpha value is -3.53. The van der Waals surface area contributed by atoms with Crippen LogP contribution in [0.15, 0.2) is 36.4 Å². The summed E-state index contributed by atoms with van der Waals surface area (Å²) in [5, 5.41) is 0.0947. The van der Waals surface area contributed by atoms with Crippen molar-refractivity contribution >= 4 is 29.6 Å². The number of nitrogens with zero attached hydrogens (tertiary/aromatic N) is 2. The van der Waals surface area contributed by atoms with Crippen LogP contribution in [0.3, 0.4) is 0 Å². The molecule has 9 nitrogen and oxygen atoms in total. The maximum Gasteiger partial charge on any atom is 0.411 e. The first-order valence-corrected chi connectivity index (χ1v) is 12.6. The van der Waals surface area contributed by atoms with Gasteiger partial charge in [0.15, 0.2) is 0 Å². The summed E-state index contributed by atoms with van der Waals surface area (Å²) in [7, 11) is 4.20. The van der Waals surface area contributed by atoms with Crippen molar-refractivity contribution in [2.45, 2.75) is 58.9 Å². The molecule has 0 aliphatic rings. The van der Waals surface area contributed by atoms with Gasteiger partial charge < -0.3 is 23.8 Å². The molecule has 0 fully saturated rings. The fourth-order valence-corrected chi connectivity index (χ4v) is 3.89. The van der Waals surface area contributed by atoms with Gasteiger partial charge in [-0.15, -0.1) is 0 Å². The van der Waals surface area contributed by atoms with Gasteiger partial charge in [0, 0.05) is 12.6 Å². The van der Waals surface area contributed by atoms with E-state index in [9.17, 15) is 18.8 Å². The highest BCUT2D eigenvalue weighted by molar-refractivity contribution is 6.31. The lowest BCUT2D eigenvalue weighted by atomic mass is 10.00. The van der Waals surface area contributed by atoms with Crippen molar-refractivity contribution in [3.8, 4) is 11.5 Å². The standard InChI is InChI=1S/C28H36ClFN2O7/c1-17(32(27(35)39-28(3,4)5)15-25(33)31(6)18(2)26(34)37-8)22-13-19(30)14-24(29)23(22)16-38-21-11-9-20(36-7)10-12-21/h9-14,17-18H,15-16H2,1-8H3/t17-,18-/m0/s1. The summed E-state index contributed by atoms with van der Waals surface area (Å²) in [6.45, 7) is 7.70. The molecular formula is C28H36ClFN2O7. The van der Waals surface area contributed by atoms with Crippen LogP contribution in [0.5, 0.6) is 11.5 Å². The second-order valence-corrected chi connectivity index (χ2v) is 10.3. The van der Waals surface area contributed by atoms with Gasteiger partial charge in [-0.2, -0.15) is 0 Å². The minimum Gasteiger partial charge on any atom is -0.497 e. The van der Waals surface area contributed by atoms with Gasteiger partial charge in [0.2, 0.25) is 5.91 Å². The molecule has 0 unspecified atom stereocenters. The normalized spacial score (nSPS) is 12.7. The first kappa shape index (κ1) is 31.7. The highest BCUT2D eigenvalue weighted by atomic mass is 35.5. The topological polar surface area (TPSA) is 94.6 Å². The quantitative estimate of drug-likeness (QED) is 0.356. The highest BCUT2D eigenvalue weighted by Gasteiger charge is 2.33. The van der Waals surface area contributed by atoms with Crippen LogP contribution in [-0.4, -0.2) is 67.2 Å². The van der Waals surface area contributed by atoms with E-state index < -0.39 is 48.0 Å². The minimum atomic E-state index is -0.893. The van der Waals surface area contributed by atoms with Crippen LogP contribution >= 0.6 is 11.6 Å². The molecule has 39 heavy (non-hydrogen) atoms. The van der Waals surface area contributed by atoms with Crippen molar-refractivity contribution in [3.05, 3.63) is 58.4 Å². The Kier molecular flexibility index (Phi) is 11.0. The number of esters is 1. The average molecular weight is 567 g/mol. The fraction of sp³-hybridized carbons (Fsp3) is 0.464. The SMILES string of the molecule is COC(=O)[C@H](C)N(C)C(=O)CN(C(=O)OC(C)(C)C)[C@@H](C)c1cc(F)cc(Cl)c1COc1ccc(OC)cc1. The van der Waals surface area contributed by atoms with Gasteiger partial charge in [-0.05, 0) is 76.6 Å². The number of hydrogen-bond acceptors (Lipinski definition) is 7. The van der Waals surface area contributed by atoms with Crippen LogP contribution in [0.25, 0.3) is 0 Å². The maximum absolute atomic E-state index is 14.6. The van der Waals surface area contributed by atoms with Crippen LogP contribution in [0.2, 0.25) is 5.02 Å². The van der Waals surface area contributed by atoms with E-state index in [1.54, 1.807) is 59.1 Å². The first-order chi connectivity index (χ1) is 18.2. The molecule has 0 aliphatic carbocycles. The molecule has 0 aliphatic heterocycles. The number of benzene rings is 2. The van der Waals surface area contributed by atoms with E-state index in [0.717, 1.165) is 11.0 Å². The van der Waals surface area contributed by atoms with Crippen molar-refractivity contribution in [2.75, 3.05) is 27.8 Å². The van der Waals surface area contributed by atoms with Crippen molar-refractivity contribution in [1.29, 1.82) is 0 Å². The third kappa shape index (κ3) is 8.74. The maximum atomic E-state index is 14.6. The lowest BCUT2D eigenvalue weighted by molar-refractivity contribution is -0.151. The van der Waals surface area contributed by atoms with E-state index in [1.807, 2.05) is 0 Å². The largest absolute Gasteiger partial charge is 0.497 e. The van der Waals surface area contributed by atoms with Crippen molar-refractivity contribution < 1.29 is 37.7 Å². The lowest BCUT2D eigenvalue weighted by Crippen LogP contribution is -2.48. The molecule has 11 heteroatoms. The number of carbonyl (C=O) groups is 3. The molecule has 214 valence electrons. The van der Waals surface area contributed by atoms with Gasteiger partial charge in [0.05, 0.1) is 25.3 Å². The zero-order valence-electron chi connectivity index (χ0n) is 23.5. The number of likely N-dealkylation sites (N-methyl/N-ethyl adjacent to an activating group) is 1. The molecular weight excluding hydrogens is 531 g/mol. The molecule has 0 saturated carbocycles. The van der Waals surface area contributed by atoms with Gasteiger partial charge in [-0.1, -0.05) is 11.6 Å². The third-order valence-electron chi connectivity index (χ3n) is 6.01. The third-order valence-corrected chi connectivity index (χ3v) is 6.34. The van der Waals surface area contributed by atoms with E-state index in [-0.39, 0.29) is 11.6 Å². The van der Waals surface area contributed by atoms with Crippen LogP contribution in [0.1, 0.15) is 51.8 Å². The van der Waals surface area contributed by atoms with Crippen molar-refractivity contribution in [1.82, 2.24) is 9.80 Å². The van der Waals surface area contributed by atoms with Gasteiger partial charge in [-0.3, -0.25) is 9.69 Å². The predicted octanol–water partition coefficient (Wildman–Crippen LogP) is 5.38. The van der Waals surface area contributed by atoms with Gasteiger partial charge >= 0.3 is 12.1 Å². The second kappa shape index (κ2) is 13.5. The molecule has 0 aromatic heterocycles. The molecule has 2 amide bonds. The molecule has 0 saturated heterocycles. The zero-order valence-corrected chi connectivity index (χ0v) is 24.3. The summed E-state index contributed by atoms with van der Waals surface area (Å²) < 4.78 is 35.9. The molecule has 2 rings (SSSR count). The number of ether oxygens (including phenoxy) is 4. The molecule has 2 aromatic rings. The smallest absolute Gasteiger partial charge is 0.411 e. The highest BCUT2D eigenvalue weighted by Crippen LogP contribution is 2.32. The number of halogens is 2. The second-order valence-electron chi connectivity index (χ2n) is 9.91. The van der Waals surface area contributed by atoms with Crippen LogP contribution in [-0.2, 0) is 25.7 Å². The Morgan fingerprint density at radius 1 is 1.03 bits per heavy atom. The summed E-state index contributed by atoms with van der Waals surface area (Å²) in [5.41, 5.74) is -0.113. The summed E-state index contributed by atoms with van der Waals surface area (Å²) >= 11 is 6.43. The molecule has 2 aromatic carbocycles.